The summed E-state index contributed by atoms with van der Waals surface area (Å²) in [6, 6.07) is 0.669. The van der Waals surface area contributed by atoms with Crippen LogP contribution in [0.4, 0.5) is 0 Å². The molecule has 1 heterocycles. The molecule has 1 aliphatic rings. The molecule has 0 unspecified atom stereocenters. The summed E-state index contributed by atoms with van der Waals surface area (Å²) in [6.07, 6.45) is 1.23. The van der Waals surface area contributed by atoms with E-state index < -0.39 is 0 Å². The summed E-state index contributed by atoms with van der Waals surface area (Å²) in [7, 11) is 0. The summed E-state index contributed by atoms with van der Waals surface area (Å²) in [4.78, 5) is 2.30. The lowest BCUT2D eigenvalue weighted by Crippen LogP contribution is -2.27. The fourth-order valence-corrected chi connectivity index (χ4v) is 2.23. The zero-order chi connectivity index (χ0) is 8.27. The van der Waals surface area contributed by atoms with E-state index in [1.165, 1.54) is 6.42 Å². The van der Waals surface area contributed by atoms with Crippen molar-refractivity contribution < 1.29 is 5.11 Å². The minimum atomic E-state index is 0.287. The molecule has 1 aliphatic heterocycles. The fourth-order valence-electron chi connectivity index (χ4n) is 1.32. The zero-order valence-corrected chi connectivity index (χ0v) is 10.5. The molecule has 66 valence electrons. The van der Waals surface area contributed by atoms with Crippen LogP contribution >= 0.6 is 45.7 Å². The molecule has 5 heteroatoms. The molecule has 1 fully saturated rings. The van der Waals surface area contributed by atoms with E-state index in [0.717, 1.165) is 19.6 Å². The van der Waals surface area contributed by atoms with Gasteiger partial charge in [0.05, 0.1) is 6.61 Å². The summed E-state index contributed by atoms with van der Waals surface area (Å²) in [5.74, 6) is 0. The van der Waals surface area contributed by atoms with Gasteiger partial charge in [0.25, 0.3) is 0 Å². The summed E-state index contributed by atoms with van der Waals surface area (Å²) < 4.78 is 2.20. The molecule has 3 nitrogen and oxygen atoms in total. The molecule has 0 saturated carbocycles. The Kier molecular flexibility index (Phi) is 4.88. The summed E-state index contributed by atoms with van der Waals surface area (Å²) in [5, 5.41) is 8.69. The van der Waals surface area contributed by atoms with Crippen molar-refractivity contribution in [2.75, 3.05) is 26.2 Å². The Balaban J connectivity index is 2.23. The van der Waals surface area contributed by atoms with E-state index in [2.05, 4.69) is 52.0 Å². The third kappa shape index (κ3) is 3.29. The third-order valence-electron chi connectivity index (χ3n) is 1.94. The molecule has 0 aromatic carbocycles. The molecule has 1 atom stereocenters. The number of likely N-dealkylation sites (tertiary alicyclic amines) is 1. The van der Waals surface area contributed by atoms with Crippen molar-refractivity contribution in [2.45, 2.75) is 12.5 Å². The van der Waals surface area contributed by atoms with Crippen LogP contribution in [-0.4, -0.2) is 43.6 Å². The number of hydrogen-bond donors (Lipinski definition) is 1. The molecule has 1 N–H and O–H groups in total. The first-order valence-corrected chi connectivity index (χ1v) is 5.61. The van der Waals surface area contributed by atoms with E-state index in [0.29, 0.717) is 6.04 Å². The van der Waals surface area contributed by atoms with Gasteiger partial charge in [-0.3, -0.25) is 4.90 Å². The third-order valence-corrected chi connectivity index (χ3v) is 3.52. The van der Waals surface area contributed by atoms with Crippen molar-refractivity contribution in [2.24, 2.45) is 0 Å². The zero-order valence-electron chi connectivity index (χ0n) is 6.21. The highest BCUT2D eigenvalue weighted by Gasteiger charge is 2.24. The number of rotatable bonds is 3. The molecular weight excluding hydrogens is 370 g/mol. The van der Waals surface area contributed by atoms with Crippen molar-refractivity contribution in [3.63, 3.8) is 0 Å². The Morgan fingerprint density at radius 1 is 1.55 bits per heavy atom. The van der Waals surface area contributed by atoms with Crippen molar-refractivity contribution >= 4 is 45.7 Å². The summed E-state index contributed by atoms with van der Waals surface area (Å²) in [6.45, 7) is 3.35. The minimum absolute atomic E-state index is 0.287. The first-order chi connectivity index (χ1) is 5.24. The smallest absolute Gasteiger partial charge is 0.0558 e. The molecule has 11 heavy (non-hydrogen) atoms. The van der Waals surface area contributed by atoms with Crippen molar-refractivity contribution in [1.29, 1.82) is 0 Å². The molecular formula is C6H12I2N2O. The van der Waals surface area contributed by atoms with Crippen molar-refractivity contribution in [1.82, 2.24) is 6.23 Å². The quantitative estimate of drug-likeness (QED) is 0.585. The summed E-state index contributed by atoms with van der Waals surface area (Å²) in [5.41, 5.74) is 0. The SMILES string of the molecule is OCCN1CC[C@H](N(I)I)C1. The summed E-state index contributed by atoms with van der Waals surface area (Å²) >= 11 is 4.63. The van der Waals surface area contributed by atoms with Crippen LogP contribution in [-0.2, 0) is 0 Å². The molecule has 0 spiro atoms. The lowest BCUT2D eigenvalue weighted by atomic mass is 10.3. The molecule has 0 bridgehead atoms. The normalized spacial score (nSPS) is 26.7. The maximum Gasteiger partial charge on any atom is 0.0558 e. The molecule has 0 aliphatic carbocycles. The molecule has 1 rings (SSSR count). The van der Waals surface area contributed by atoms with Crippen molar-refractivity contribution in [3.05, 3.63) is 0 Å². The Hall–Kier alpha value is 1.34. The molecule has 1 saturated heterocycles. The van der Waals surface area contributed by atoms with Crippen LogP contribution in [0, 0.1) is 0 Å². The number of β-amino-alcohol motifs (C(OH)–C–C–N with tert-alkyl or cyclic N) is 1. The average Bonchev–Trinajstić information content (AvgIpc) is 2.37. The van der Waals surface area contributed by atoms with Gasteiger partial charge >= 0.3 is 0 Å². The van der Waals surface area contributed by atoms with Crippen LogP contribution in [0.3, 0.4) is 0 Å². The standard InChI is InChI=1S/C6H12I2N2O/c7-10(8)6-1-2-9(5-6)3-4-11/h6,11H,1-5H2/t6-/m0/s1. The number of hydrogen-bond acceptors (Lipinski definition) is 3. The maximum absolute atomic E-state index is 8.69. The van der Waals surface area contributed by atoms with Gasteiger partial charge < -0.3 is 5.11 Å². The second-order valence-corrected chi connectivity index (χ2v) is 6.65. The van der Waals surface area contributed by atoms with Gasteiger partial charge in [-0.15, -0.1) is 0 Å². The van der Waals surface area contributed by atoms with E-state index in [-0.39, 0.29) is 6.61 Å². The van der Waals surface area contributed by atoms with E-state index in [9.17, 15) is 0 Å². The number of aliphatic hydroxyl groups is 1. The Morgan fingerprint density at radius 2 is 2.27 bits per heavy atom. The van der Waals surface area contributed by atoms with Gasteiger partial charge in [0.1, 0.15) is 0 Å². The Morgan fingerprint density at radius 3 is 2.73 bits per heavy atom. The average molecular weight is 382 g/mol. The van der Waals surface area contributed by atoms with Crippen LogP contribution in [0.1, 0.15) is 6.42 Å². The van der Waals surface area contributed by atoms with Gasteiger partial charge in [0, 0.05) is 64.9 Å². The number of aliphatic hydroxyl groups excluding tert-OH is 1. The van der Waals surface area contributed by atoms with Gasteiger partial charge in [0.2, 0.25) is 0 Å². The van der Waals surface area contributed by atoms with Crippen LogP contribution < -0.4 is 0 Å². The maximum atomic E-state index is 8.69. The Bertz CT molecular complexity index is 123. The number of halogens is 2. The van der Waals surface area contributed by atoms with E-state index in [1.54, 1.807) is 0 Å². The number of nitrogens with zero attached hydrogens (tertiary/aromatic N) is 2. The van der Waals surface area contributed by atoms with Gasteiger partial charge in [-0.25, -0.2) is 0 Å². The van der Waals surface area contributed by atoms with Gasteiger partial charge in [-0.2, -0.15) is 1.33 Å². The highest BCUT2D eigenvalue weighted by Crippen LogP contribution is 2.22. The topological polar surface area (TPSA) is 26.7 Å². The van der Waals surface area contributed by atoms with E-state index in [4.69, 9.17) is 5.11 Å². The highest BCUT2D eigenvalue weighted by atomic mass is 127. The Labute approximate surface area is 95.1 Å². The second-order valence-electron chi connectivity index (χ2n) is 2.73. The fraction of sp³-hybridized carbons (Fsp3) is 1.00. The monoisotopic (exact) mass is 382 g/mol. The largest absolute Gasteiger partial charge is 0.395 e. The second kappa shape index (κ2) is 5.15. The lowest BCUT2D eigenvalue weighted by Gasteiger charge is -2.16. The first-order valence-electron chi connectivity index (χ1n) is 3.68. The first kappa shape index (κ1) is 10.4. The minimum Gasteiger partial charge on any atom is -0.395 e. The van der Waals surface area contributed by atoms with E-state index >= 15 is 0 Å². The predicted molar refractivity (Wildman–Crippen MR) is 61.8 cm³/mol. The van der Waals surface area contributed by atoms with Crippen LogP contribution in [0.15, 0.2) is 0 Å². The van der Waals surface area contributed by atoms with Gasteiger partial charge in [-0.05, 0) is 13.0 Å². The molecule has 0 aromatic rings. The highest BCUT2D eigenvalue weighted by molar-refractivity contribution is 14.2. The van der Waals surface area contributed by atoms with Crippen LogP contribution in [0.5, 0.6) is 0 Å². The van der Waals surface area contributed by atoms with Crippen LogP contribution in [0.2, 0.25) is 0 Å². The van der Waals surface area contributed by atoms with Crippen molar-refractivity contribution in [3.8, 4) is 0 Å². The molecule has 0 radical (unpaired) electrons. The molecule has 0 aromatic heterocycles. The molecule has 0 amide bonds. The van der Waals surface area contributed by atoms with Gasteiger partial charge in [-0.1, -0.05) is 0 Å². The van der Waals surface area contributed by atoms with Gasteiger partial charge in [0.15, 0.2) is 0 Å². The predicted octanol–water partition coefficient (Wildman–Crippen LogP) is 1.05. The van der Waals surface area contributed by atoms with E-state index in [1.807, 2.05) is 0 Å². The van der Waals surface area contributed by atoms with Crippen LogP contribution in [0.25, 0.3) is 0 Å². The lowest BCUT2D eigenvalue weighted by molar-refractivity contribution is 0.219.